The predicted molar refractivity (Wildman–Crippen MR) is 91.5 cm³/mol. The number of hydrogen-bond acceptors (Lipinski definition) is 5. The maximum absolute atomic E-state index is 13.1. The Hall–Kier alpha value is -1.96. The Balaban J connectivity index is 2.02. The molecular formula is C17H21N3O3S. The van der Waals surface area contributed by atoms with E-state index in [1.165, 1.54) is 10.5 Å². The molecule has 0 bridgehead atoms. The van der Waals surface area contributed by atoms with Gasteiger partial charge >= 0.3 is 0 Å². The average Bonchev–Trinajstić information content (AvgIpc) is 2.62. The van der Waals surface area contributed by atoms with Crippen LogP contribution in [0, 0.1) is 6.92 Å². The van der Waals surface area contributed by atoms with Crippen molar-refractivity contribution >= 4 is 10.0 Å². The van der Waals surface area contributed by atoms with Gasteiger partial charge in [0.05, 0.1) is 13.2 Å². The van der Waals surface area contributed by atoms with E-state index in [-0.39, 0.29) is 10.9 Å². The molecule has 2 heterocycles. The Morgan fingerprint density at radius 2 is 2.04 bits per heavy atom. The second-order valence-electron chi connectivity index (χ2n) is 5.71. The first-order chi connectivity index (χ1) is 11.5. The van der Waals surface area contributed by atoms with Crippen molar-refractivity contribution in [1.29, 1.82) is 0 Å². The summed E-state index contributed by atoms with van der Waals surface area (Å²) in [5.41, 5.74) is 1.64. The Labute approximate surface area is 142 Å². The highest BCUT2D eigenvalue weighted by molar-refractivity contribution is 7.89. The van der Waals surface area contributed by atoms with E-state index < -0.39 is 10.0 Å². The third-order valence-electron chi connectivity index (χ3n) is 4.18. The molecule has 3 rings (SSSR count). The van der Waals surface area contributed by atoms with Gasteiger partial charge in [0.2, 0.25) is 10.0 Å². The van der Waals surface area contributed by atoms with Crippen LogP contribution in [0.1, 0.15) is 17.3 Å². The van der Waals surface area contributed by atoms with Gasteiger partial charge in [-0.3, -0.25) is 4.98 Å². The third kappa shape index (κ3) is 3.15. The van der Waals surface area contributed by atoms with Crippen molar-refractivity contribution in [2.24, 2.45) is 0 Å². The first-order valence-electron chi connectivity index (χ1n) is 7.82. The Kier molecular flexibility index (Phi) is 4.84. The lowest BCUT2D eigenvalue weighted by atomic mass is 10.0. The van der Waals surface area contributed by atoms with Crippen LogP contribution in [-0.4, -0.2) is 44.5 Å². The molecule has 1 atom stereocenters. The zero-order valence-electron chi connectivity index (χ0n) is 13.8. The van der Waals surface area contributed by atoms with Crippen molar-refractivity contribution in [2.75, 3.05) is 26.7 Å². The zero-order valence-corrected chi connectivity index (χ0v) is 14.6. The lowest BCUT2D eigenvalue weighted by molar-refractivity contribution is 0.264. The number of nitrogens with zero attached hydrogens (tertiary/aromatic N) is 2. The summed E-state index contributed by atoms with van der Waals surface area (Å²) in [6, 6.07) is 10.5. The van der Waals surface area contributed by atoms with Crippen molar-refractivity contribution in [3.05, 3.63) is 53.9 Å². The van der Waals surface area contributed by atoms with Gasteiger partial charge in [0.15, 0.2) is 0 Å². The summed E-state index contributed by atoms with van der Waals surface area (Å²) in [6.45, 7) is 3.39. The van der Waals surface area contributed by atoms with Gasteiger partial charge in [-0.2, -0.15) is 4.31 Å². The minimum Gasteiger partial charge on any atom is -0.496 e. The van der Waals surface area contributed by atoms with E-state index in [0.29, 0.717) is 25.4 Å². The highest BCUT2D eigenvalue weighted by Crippen LogP contribution is 2.33. The number of aryl methyl sites for hydroxylation is 1. The monoisotopic (exact) mass is 347 g/mol. The summed E-state index contributed by atoms with van der Waals surface area (Å²) >= 11 is 0. The van der Waals surface area contributed by atoms with Gasteiger partial charge in [-0.15, -0.1) is 0 Å². The molecule has 1 aromatic carbocycles. The third-order valence-corrected chi connectivity index (χ3v) is 6.07. The minimum absolute atomic E-state index is 0.217. The molecule has 128 valence electrons. The van der Waals surface area contributed by atoms with E-state index in [2.05, 4.69) is 10.3 Å². The van der Waals surface area contributed by atoms with Crippen LogP contribution in [0.4, 0.5) is 0 Å². The molecular weight excluding hydrogens is 326 g/mol. The van der Waals surface area contributed by atoms with Crippen LogP contribution in [-0.2, 0) is 10.0 Å². The van der Waals surface area contributed by atoms with E-state index in [1.807, 2.05) is 31.2 Å². The summed E-state index contributed by atoms with van der Waals surface area (Å²) in [5.74, 6) is 0.688. The maximum atomic E-state index is 13.1. The van der Waals surface area contributed by atoms with E-state index in [0.717, 1.165) is 11.3 Å². The number of pyridine rings is 1. The molecule has 0 aliphatic carbocycles. The number of nitrogens with one attached hydrogen (secondary N) is 1. The van der Waals surface area contributed by atoms with Gasteiger partial charge in [-0.25, -0.2) is 8.42 Å². The largest absolute Gasteiger partial charge is 0.496 e. The van der Waals surface area contributed by atoms with E-state index in [4.69, 9.17) is 4.74 Å². The molecule has 1 aliphatic rings. The molecule has 0 amide bonds. The normalized spacial score (nSPS) is 19.2. The second-order valence-corrected chi connectivity index (χ2v) is 7.60. The standard InChI is InChI=1S/C17H21N3O3S/c1-13-7-8-14(11-19-13)24(21,22)20-10-9-18-12-16(20)15-5-3-4-6-17(15)23-2/h3-8,11,16,18H,9-10,12H2,1-2H3. The molecule has 1 N–H and O–H groups in total. The van der Waals surface area contributed by atoms with E-state index >= 15 is 0 Å². The van der Waals surface area contributed by atoms with E-state index in [1.54, 1.807) is 19.2 Å². The number of hydrogen-bond donors (Lipinski definition) is 1. The molecule has 1 unspecified atom stereocenters. The van der Waals surface area contributed by atoms with Crippen LogP contribution in [0.15, 0.2) is 47.5 Å². The van der Waals surface area contributed by atoms with E-state index in [9.17, 15) is 8.42 Å². The minimum atomic E-state index is -3.63. The summed E-state index contributed by atoms with van der Waals surface area (Å²) in [6.07, 6.45) is 1.42. The van der Waals surface area contributed by atoms with Crippen LogP contribution in [0.3, 0.4) is 0 Å². The Morgan fingerprint density at radius 3 is 2.75 bits per heavy atom. The number of ether oxygens (including phenoxy) is 1. The molecule has 0 saturated carbocycles. The lowest BCUT2D eigenvalue weighted by Crippen LogP contribution is -2.48. The van der Waals surface area contributed by atoms with Crippen LogP contribution in [0.25, 0.3) is 0 Å². The molecule has 1 fully saturated rings. The van der Waals surface area contributed by atoms with Crippen LogP contribution < -0.4 is 10.1 Å². The number of aromatic nitrogens is 1. The van der Waals surface area contributed by atoms with Gasteiger partial charge < -0.3 is 10.1 Å². The van der Waals surface area contributed by atoms with Crippen molar-refractivity contribution in [2.45, 2.75) is 17.9 Å². The molecule has 1 aromatic heterocycles. The summed E-state index contributed by atoms with van der Waals surface area (Å²) in [4.78, 5) is 4.34. The van der Waals surface area contributed by atoms with Crippen LogP contribution >= 0.6 is 0 Å². The molecule has 6 nitrogen and oxygen atoms in total. The number of methoxy groups -OCH3 is 1. The lowest BCUT2D eigenvalue weighted by Gasteiger charge is -2.35. The fraction of sp³-hybridized carbons (Fsp3) is 0.353. The van der Waals surface area contributed by atoms with Gasteiger partial charge in [-0.1, -0.05) is 18.2 Å². The summed E-state index contributed by atoms with van der Waals surface area (Å²) < 4.78 is 33.2. The SMILES string of the molecule is COc1ccccc1C1CNCCN1S(=O)(=O)c1ccc(C)nc1. The second kappa shape index (κ2) is 6.88. The Morgan fingerprint density at radius 1 is 1.25 bits per heavy atom. The van der Waals surface area contributed by atoms with Crippen molar-refractivity contribution in [3.63, 3.8) is 0 Å². The van der Waals surface area contributed by atoms with Crippen LogP contribution in [0.5, 0.6) is 5.75 Å². The molecule has 1 saturated heterocycles. The fourth-order valence-corrected chi connectivity index (χ4v) is 4.47. The number of sulfonamides is 1. The molecule has 1 aliphatic heterocycles. The smallest absolute Gasteiger partial charge is 0.245 e. The van der Waals surface area contributed by atoms with Gasteiger partial charge in [0.25, 0.3) is 0 Å². The number of benzene rings is 1. The quantitative estimate of drug-likeness (QED) is 0.912. The molecule has 7 heteroatoms. The predicted octanol–water partition coefficient (Wildman–Crippen LogP) is 1.73. The molecule has 2 aromatic rings. The summed E-state index contributed by atoms with van der Waals surface area (Å²) in [7, 11) is -2.03. The first kappa shape index (κ1) is 16.9. The maximum Gasteiger partial charge on any atom is 0.245 e. The zero-order chi connectivity index (χ0) is 17.2. The highest BCUT2D eigenvalue weighted by Gasteiger charge is 2.35. The van der Waals surface area contributed by atoms with Gasteiger partial charge in [-0.05, 0) is 25.1 Å². The first-order valence-corrected chi connectivity index (χ1v) is 9.26. The average molecular weight is 347 g/mol. The molecule has 24 heavy (non-hydrogen) atoms. The molecule has 0 radical (unpaired) electrons. The Bertz CT molecular complexity index is 806. The topological polar surface area (TPSA) is 71.5 Å². The highest BCUT2D eigenvalue weighted by atomic mass is 32.2. The van der Waals surface area contributed by atoms with Crippen molar-refractivity contribution in [1.82, 2.24) is 14.6 Å². The summed E-state index contributed by atoms with van der Waals surface area (Å²) in [5, 5.41) is 3.27. The fourth-order valence-electron chi connectivity index (χ4n) is 2.92. The van der Waals surface area contributed by atoms with Crippen LogP contribution in [0.2, 0.25) is 0 Å². The number of piperazine rings is 1. The van der Waals surface area contributed by atoms with Gasteiger partial charge in [0, 0.05) is 37.1 Å². The number of rotatable bonds is 4. The number of para-hydroxylation sites is 1. The molecule has 0 spiro atoms. The van der Waals surface area contributed by atoms with Crippen molar-refractivity contribution in [3.8, 4) is 5.75 Å². The van der Waals surface area contributed by atoms with Crippen molar-refractivity contribution < 1.29 is 13.2 Å². The van der Waals surface area contributed by atoms with Gasteiger partial charge in [0.1, 0.15) is 10.6 Å².